The molecule has 5 rings (SSSR count). The first-order chi connectivity index (χ1) is 19.0. The number of nitrogens with zero attached hydrogens (tertiary/aromatic N) is 3. The maximum absolute atomic E-state index is 14.5. The maximum Gasteiger partial charge on any atom is 0.253 e. The van der Waals surface area contributed by atoms with E-state index in [0.717, 1.165) is 11.1 Å². The van der Waals surface area contributed by atoms with Crippen molar-refractivity contribution in [3.05, 3.63) is 81.9 Å². The summed E-state index contributed by atoms with van der Waals surface area (Å²) < 4.78 is 41.7. The molecule has 2 aromatic rings. The van der Waals surface area contributed by atoms with Gasteiger partial charge in [-0.25, -0.2) is 23.4 Å². The summed E-state index contributed by atoms with van der Waals surface area (Å²) in [5.74, 6) is -4.50. The number of alkyl halides is 2. The summed E-state index contributed by atoms with van der Waals surface area (Å²) in [6, 6.07) is 9.32. The van der Waals surface area contributed by atoms with Gasteiger partial charge in [-0.3, -0.25) is 19.5 Å². The molecule has 4 atom stereocenters. The Morgan fingerprint density at radius 2 is 2.00 bits per heavy atom. The van der Waals surface area contributed by atoms with E-state index < -0.39 is 53.9 Å². The summed E-state index contributed by atoms with van der Waals surface area (Å²) in [5.41, 5.74) is 0.769. The second-order valence-corrected chi connectivity index (χ2v) is 10.9. The van der Waals surface area contributed by atoms with Gasteiger partial charge in [0.25, 0.3) is 11.8 Å². The van der Waals surface area contributed by atoms with Crippen molar-refractivity contribution in [1.29, 1.82) is 0 Å². The molecule has 8 nitrogen and oxygen atoms in total. The van der Waals surface area contributed by atoms with Gasteiger partial charge < -0.3 is 10.5 Å². The lowest BCUT2D eigenvalue weighted by molar-refractivity contribution is -0.896. The molecule has 2 fully saturated rings. The fourth-order valence-electron chi connectivity index (χ4n) is 5.41. The predicted molar refractivity (Wildman–Crippen MR) is 144 cm³/mol. The van der Waals surface area contributed by atoms with Crippen LogP contribution < -0.4 is 15.5 Å². The molecule has 1 aliphatic carbocycles. The zero-order valence-corrected chi connectivity index (χ0v) is 22.5. The predicted octanol–water partition coefficient (Wildman–Crippen LogP) is 3.79. The Kier molecular flexibility index (Phi) is 7.89. The standard InChI is InChI=1S/C28H29ClF3N5O3/c1-17-11-21(16-33-15-17)35-24(9-10-25(35)38)37(40)36(20-6-4-5-18(30)12-20)26(22-7-2-3-8-23(22)29)27(39)34-19-13-28(31,32)14-19/h2-8,11-12,16-17,19,24,26,37H,9-10,13-15H2,1H3,(H,34,39)/t17?,24-,26?/m1/s1. The van der Waals surface area contributed by atoms with E-state index in [4.69, 9.17) is 11.6 Å². The summed E-state index contributed by atoms with van der Waals surface area (Å²) in [6.45, 7) is 2.49. The first-order valence-corrected chi connectivity index (χ1v) is 13.5. The minimum atomic E-state index is -2.88. The molecule has 2 heterocycles. The minimum Gasteiger partial charge on any atom is -0.606 e. The lowest BCUT2D eigenvalue weighted by atomic mass is 9.88. The highest BCUT2D eigenvalue weighted by Crippen LogP contribution is 2.38. The Hall–Kier alpha value is -3.41. The van der Waals surface area contributed by atoms with Crippen molar-refractivity contribution in [2.45, 2.75) is 56.8 Å². The molecule has 1 saturated heterocycles. The summed E-state index contributed by atoms with van der Waals surface area (Å²) in [4.78, 5) is 32.5. The van der Waals surface area contributed by atoms with Gasteiger partial charge in [0.05, 0.1) is 11.4 Å². The molecule has 12 heteroatoms. The maximum atomic E-state index is 14.5. The summed E-state index contributed by atoms with van der Waals surface area (Å²) in [7, 11) is 0. The van der Waals surface area contributed by atoms with Crippen LogP contribution in [0.3, 0.4) is 0 Å². The molecule has 2 amide bonds. The van der Waals surface area contributed by atoms with Crippen molar-refractivity contribution in [2.24, 2.45) is 10.9 Å². The lowest BCUT2D eigenvalue weighted by Crippen LogP contribution is -3.20. The van der Waals surface area contributed by atoms with Crippen molar-refractivity contribution in [2.75, 3.05) is 11.6 Å². The minimum absolute atomic E-state index is 0.0470. The number of likely N-dealkylation sites (tertiary alicyclic amines) is 1. The summed E-state index contributed by atoms with van der Waals surface area (Å²) >= 11 is 6.51. The van der Waals surface area contributed by atoms with Gasteiger partial charge in [0.2, 0.25) is 5.91 Å². The number of amides is 2. The topological polar surface area (TPSA) is 92.5 Å². The van der Waals surface area contributed by atoms with Crippen LogP contribution in [0.1, 0.15) is 44.2 Å². The first kappa shape index (κ1) is 28.1. The number of nitrogens with one attached hydrogen (secondary N) is 2. The van der Waals surface area contributed by atoms with Crippen LogP contribution in [0.25, 0.3) is 0 Å². The molecule has 2 N–H and O–H groups in total. The van der Waals surface area contributed by atoms with Crippen molar-refractivity contribution < 1.29 is 27.9 Å². The van der Waals surface area contributed by atoms with E-state index in [2.05, 4.69) is 10.3 Å². The third-order valence-corrected chi connectivity index (χ3v) is 7.66. The third-order valence-electron chi connectivity index (χ3n) is 7.31. The van der Waals surface area contributed by atoms with Gasteiger partial charge in [-0.15, -0.1) is 0 Å². The van der Waals surface area contributed by atoms with Gasteiger partial charge >= 0.3 is 0 Å². The number of halogens is 4. The van der Waals surface area contributed by atoms with E-state index in [1.165, 1.54) is 23.1 Å². The number of carbonyl (C=O) groups is 2. The molecule has 2 aliphatic heterocycles. The van der Waals surface area contributed by atoms with Crippen molar-refractivity contribution >= 4 is 35.3 Å². The number of rotatable bonds is 8. The van der Waals surface area contributed by atoms with Crippen molar-refractivity contribution in [3.8, 4) is 0 Å². The van der Waals surface area contributed by atoms with E-state index in [1.54, 1.807) is 30.5 Å². The average molecular weight is 576 g/mol. The highest BCUT2D eigenvalue weighted by Gasteiger charge is 2.48. The fraction of sp³-hybridized carbons (Fsp3) is 0.393. The summed E-state index contributed by atoms with van der Waals surface area (Å²) in [6.07, 6.45) is 1.59. The number of hydroxylamine groups is 1. The number of anilines is 1. The fourth-order valence-corrected chi connectivity index (χ4v) is 5.65. The molecule has 3 aliphatic rings. The van der Waals surface area contributed by atoms with Crippen LogP contribution in [-0.4, -0.2) is 47.6 Å². The number of aliphatic imine (C=N–C) groups is 1. The van der Waals surface area contributed by atoms with E-state index >= 15 is 0 Å². The molecule has 0 spiro atoms. The van der Waals surface area contributed by atoms with Crippen LogP contribution >= 0.6 is 11.6 Å². The van der Waals surface area contributed by atoms with E-state index in [-0.39, 0.29) is 40.9 Å². The number of benzene rings is 2. The van der Waals surface area contributed by atoms with Crippen LogP contribution in [0.5, 0.6) is 0 Å². The molecule has 1 saturated carbocycles. The summed E-state index contributed by atoms with van der Waals surface area (Å²) in [5, 5.41) is 17.7. The monoisotopic (exact) mass is 575 g/mol. The van der Waals surface area contributed by atoms with Gasteiger partial charge in [0.1, 0.15) is 5.82 Å². The quantitative estimate of drug-likeness (QED) is 0.469. The van der Waals surface area contributed by atoms with Crippen molar-refractivity contribution in [3.63, 3.8) is 0 Å². The molecule has 3 unspecified atom stereocenters. The Morgan fingerprint density at radius 3 is 2.67 bits per heavy atom. The number of quaternary nitrogens is 1. The van der Waals surface area contributed by atoms with Gasteiger partial charge in [0.15, 0.2) is 12.2 Å². The molecular weight excluding hydrogens is 547 g/mol. The first-order valence-electron chi connectivity index (χ1n) is 13.1. The van der Waals surface area contributed by atoms with Gasteiger partial charge in [-0.05, 0) is 24.1 Å². The second-order valence-electron chi connectivity index (χ2n) is 10.5. The number of hydrogen-bond acceptors (Lipinski definition) is 5. The molecule has 0 bridgehead atoms. The molecular formula is C28H29ClF3N5O3. The highest BCUT2D eigenvalue weighted by molar-refractivity contribution is 6.31. The van der Waals surface area contributed by atoms with Crippen molar-refractivity contribution in [1.82, 2.24) is 10.2 Å². The molecule has 0 aromatic heterocycles. The second kappa shape index (κ2) is 11.2. The highest BCUT2D eigenvalue weighted by atomic mass is 35.5. The number of hydrogen-bond donors (Lipinski definition) is 2. The number of dihydropyridines is 1. The van der Waals surface area contributed by atoms with Gasteiger partial charge in [-0.2, -0.15) is 0 Å². The molecule has 0 radical (unpaired) electrons. The van der Waals surface area contributed by atoms with Gasteiger partial charge in [0, 0.05) is 61.1 Å². The Labute approximate surface area is 234 Å². The smallest absolute Gasteiger partial charge is 0.253 e. The van der Waals surface area contributed by atoms with Crippen LogP contribution in [0, 0.1) is 16.9 Å². The zero-order chi connectivity index (χ0) is 28.6. The van der Waals surface area contributed by atoms with E-state index in [1.807, 2.05) is 13.0 Å². The van der Waals surface area contributed by atoms with Crippen LogP contribution in [-0.2, 0) is 9.59 Å². The molecule has 40 heavy (non-hydrogen) atoms. The van der Waals surface area contributed by atoms with E-state index in [9.17, 15) is 28.0 Å². The Morgan fingerprint density at radius 1 is 1.25 bits per heavy atom. The van der Waals surface area contributed by atoms with Crippen LogP contribution in [0.4, 0.5) is 18.9 Å². The SMILES string of the molecule is CC1C=C(N2C(=O)CC[C@H]2[NH+]([O-])N(c2cccc(F)c2)C(C(=O)NC2CC(F)(F)C2)c2ccccc2Cl)C=NC1. The van der Waals surface area contributed by atoms with Crippen LogP contribution in [0.2, 0.25) is 5.02 Å². The zero-order valence-electron chi connectivity index (χ0n) is 21.7. The molecule has 212 valence electrons. The normalized spacial score (nSPS) is 23.8. The number of carbonyl (C=O) groups excluding carboxylic acids is 2. The largest absolute Gasteiger partial charge is 0.606 e. The third kappa shape index (κ3) is 5.72. The van der Waals surface area contributed by atoms with Gasteiger partial charge in [-0.1, -0.05) is 48.9 Å². The van der Waals surface area contributed by atoms with E-state index in [0.29, 0.717) is 12.2 Å². The Bertz CT molecular complexity index is 1350. The van der Waals surface area contributed by atoms with Crippen LogP contribution in [0.15, 0.2) is 65.3 Å². The number of allylic oxidation sites excluding steroid dienone is 1. The average Bonchev–Trinajstić information content (AvgIpc) is 3.27. The Balaban J connectivity index is 1.58. The molecule has 2 aromatic carbocycles. The lowest BCUT2D eigenvalue weighted by Gasteiger charge is -2.46.